The van der Waals surface area contributed by atoms with Gasteiger partial charge >= 0.3 is 12.2 Å². The third kappa shape index (κ3) is 11.0. The summed E-state index contributed by atoms with van der Waals surface area (Å²) in [4.78, 5) is 42.0. The Balaban J connectivity index is 2.05. The average Bonchev–Trinajstić information content (AvgIpc) is 2.90. The number of carbonyl (C=O) groups is 3. The van der Waals surface area contributed by atoms with E-state index in [0.717, 1.165) is 18.2 Å². The second-order valence-electron chi connectivity index (χ2n) is 8.59. The summed E-state index contributed by atoms with van der Waals surface area (Å²) in [5.41, 5.74) is -1.28. The fourth-order valence-electron chi connectivity index (χ4n) is 3.11. The van der Waals surface area contributed by atoms with Gasteiger partial charge < -0.3 is 30.9 Å². The van der Waals surface area contributed by atoms with Crippen molar-refractivity contribution in [3.63, 3.8) is 0 Å². The maximum absolute atomic E-state index is 13.7. The van der Waals surface area contributed by atoms with Crippen molar-refractivity contribution < 1.29 is 32.3 Å². The fraction of sp³-hybridized carbons (Fsp3) is 0.214. The van der Waals surface area contributed by atoms with E-state index in [0.29, 0.717) is 12.3 Å². The first kappa shape index (κ1) is 32.3. The van der Waals surface area contributed by atoms with Crippen LogP contribution in [0.15, 0.2) is 84.9 Å². The van der Waals surface area contributed by atoms with Crippen molar-refractivity contribution in [3.05, 3.63) is 96.2 Å². The molecule has 41 heavy (non-hydrogen) atoms. The van der Waals surface area contributed by atoms with Crippen molar-refractivity contribution in [2.75, 3.05) is 38.3 Å². The van der Waals surface area contributed by atoms with E-state index in [1.807, 2.05) is 0 Å². The number of benzene rings is 1. The molecule has 10 nitrogen and oxygen atoms in total. The molecule has 0 saturated carbocycles. The number of allylic oxidation sites excluding steroid dienone is 3. The number of hydrogen-bond donors (Lipinski definition) is 4. The number of alkyl halides is 3. The normalized spacial score (nSPS) is 12.0. The standard InChI is InChI=1S/C28H31F3N6O4/c1-6-19(10-9-18(2)41-21-13-14-33-24(17-21)26(39)32-3)34-27(40)35-20-11-12-23(22(16-20)28(29,30)31)36-25(38)8-7-15-37(4)5/h6-14,16-17H,2,15H2,1,3-5H3,(H,32,39)(H,36,38)(H2,34,35,40)/b8-7+,10-9-,19-6+. The number of likely N-dealkylation sites (N-methyl/N-ethyl adjacent to an activating group) is 1. The van der Waals surface area contributed by atoms with Crippen molar-refractivity contribution in [3.8, 4) is 5.75 Å². The van der Waals surface area contributed by atoms with Crippen LogP contribution < -0.4 is 26.0 Å². The summed E-state index contributed by atoms with van der Waals surface area (Å²) in [6.07, 6.45) is 3.72. The number of halogens is 3. The monoisotopic (exact) mass is 572 g/mol. The van der Waals surface area contributed by atoms with E-state index < -0.39 is 35.3 Å². The molecule has 0 atom stereocenters. The molecule has 0 spiro atoms. The Morgan fingerprint density at radius 3 is 2.44 bits per heavy atom. The Bertz CT molecular complexity index is 1370. The van der Waals surface area contributed by atoms with Gasteiger partial charge in [0.25, 0.3) is 5.91 Å². The molecule has 1 aromatic carbocycles. The minimum Gasteiger partial charge on any atom is -0.458 e. The topological polar surface area (TPSA) is 125 Å². The highest BCUT2D eigenvalue weighted by molar-refractivity contribution is 6.00. The zero-order valence-electron chi connectivity index (χ0n) is 22.9. The number of nitrogens with zero attached hydrogens (tertiary/aromatic N) is 2. The molecule has 13 heteroatoms. The predicted octanol–water partition coefficient (Wildman–Crippen LogP) is 4.69. The lowest BCUT2D eigenvalue weighted by Crippen LogP contribution is -2.27. The van der Waals surface area contributed by atoms with Gasteiger partial charge in [0.15, 0.2) is 0 Å². The van der Waals surface area contributed by atoms with Gasteiger partial charge in [0.1, 0.15) is 17.2 Å². The van der Waals surface area contributed by atoms with Gasteiger partial charge in [0.05, 0.1) is 11.3 Å². The van der Waals surface area contributed by atoms with Crippen molar-refractivity contribution in [1.82, 2.24) is 20.5 Å². The molecule has 2 rings (SSSR count). The highest BCUT2D eigenvalue weighted by Gasteiger charge is 2.34. The lowest BCUT2D eigenvalue weighted by Gasteiger charge is -2.16. The van der Waals surface area contributed by atoms with E-state index in [4.69, 9.17) is 4.74 Å². The van der Waals surface area contributed by atoms with Crippen molar-refractivity contribution in [2.24, 2.45) is 0 Å². The third-order valence-electron chi connectivity index (χ3n) is 5.04. The highest BCUT2D eigenvalue weighted by atomic mass is 19.4. The summed E-state index contributed by atoms with van der Waals surface area (Å²) in [6, 6.07) is 5.16. The Kier molecular flexibility index (Phi) is 11.8. The maximum Gasteiger partial charge on any atom is 0.418 e. The number of aromatic nitrogens is 1. The lowest BCUT2D eigenvalue weighted by molar-refractivity contribution is -0.136. The average molecular weight is 573 g/mol. The van der Waals surface area contributed by atoms with E-state index in [1.165, 1.54) is 49.7 Å². The second kappa shape index (κ2) is 15.0. The van der Waals surface area contributed by atoms with Crippen LogP contribution in [0.1, 0.15) is 23.0 Å². The molecule has 0 aliphatic carbocycles. The molecule has 4 N–H and O–H groups in total. The first-order chi connectivity index (χ1) is 19.3. The van der Waals surface area contributed by atoms with Gasteiger partial charge in [-0.3, -0.25) is 14.6 Å². The fourth-order valence-corrected chi connectivity index (χ4v) is 3.11. The Morgan fingerprint density at radius 2 is 1.80 bits per heavy atom. The molecule has 1 heterocycles. The molecule has 0 unspecified atom stereocenters. The smallest absolute Gasteiger partial charge is 0.418 e. The molecule has 0 radical (unpaired) electrons. The zero-order chi connectivity index (χ0) is 30.6. The lowest BCUT2D eigenvalue weighted by atomic mass is 10.1. The van der Waals surface area contributed by atoms with Crippen LogP contribution in [0.25, 0.3) is 0 Å². The van der Waals surface area contributed by atoms with Gasteiger partial charge in [-0.1, -0.05) is 18.7 Å². The number of anilines is 2. The van der Waals surface area contributed by atoms with Crippen LogP contribution in [-0.4, -0.2) is 55.4 Å². The number of amides is 4. The van der Waals surface area contributed by atoms with Crippen molar-refractivity contribution >= 4 is 29.2 Å². The van der Waals surface area contributed by atoms with Crippen molar-refractivity contribution in [1.29, 1.82) is 0 Å². The summed E-state index contributed by atoms with van der Waals surface area (Å²) in [7, 11) is 5.03. The largest absolute Gasteiger partial charge is 0.458 e. The summed E-state index contributed by atoms with van der Waals surface area (Å²) in [5.74, 6) is -0.630. The van der Waals surface area contributed by atoms with Crippen LogP contribution in [0.2, 0.25) is 0 Å². The van der Waals surface area contributed by atoms with Gasteiger partial charge in [-0.25, -0.2) is 4.79 Å². The molecule has 218 valence electrons. The molecule has 0 saturated heterocycles. The molecule has 0 bridgehead atoms. The molecular formula is C28H31F3N6O4. The number of hydrogen-bond acceptors (Lipinski definition) is 6. The third-order valence-corrected chi connectivity index (χ3v) is 5.04. The SMILES string of the molecule is C=C(/C=C\C(=C/C)NC(=O)Nc1ccc(NC(=O)/C=C/CN(C)C)c(C(F)(F)F)c1)Oc1ccnc(C(=O)NC)c1. The van der Waals surface area contributed by atoms with Gasteiger partial charge in [-0.2, -0.15) is 13.2 Å². The maximum atomic E-state index is 13.7. The van der Waals surface area contributed by atoms with Gasteiger partial charge in [-0.15, -0.1) is 0 Å². The zero-order valence-corrected chi connectivity index (χ0v) is 22.9. The van der Waals surface area contributed by atoms with Gasteiger partial charge in [-0.05, 0) is 57.4 Å². The van der Waals surface area contributed by atoms with E-state index >= 15 is 0 Å². The van der Waals surface area contributed by atoms with Crippen LogP contribution in [-0.2, 0) is 11.0 Å². The van der Waals surface area contributed by atoms with Gasteiger partial charge in [0, 0.05) is 43.3 Å². The summed E-state index contributed by atoms with van der Waals surface area (Å²) in [6.45, 7) is 5.83. The van der Waals surface area contributed by atoms with Crippen LogP contribution in [0.3, 0.4) is 0 Å². The molecule has 0 fully saturated rings. The molecule has 2 aromatic rings. The predicted molar refractivity (Wildman–Crippen MR) is 150 cm³/mol. The number of rotatable bonds is 11. The van der Waals surface area contributed by atoms with Crippen molar-refractivity contribution in [2.45, 2.75) is 13.1 Å². The quantitative estimate of drug-likeness (QED) is 0.176. The summed E-state index contributed by atoms with van der Waals surface area (Å²) in [5, 5.41) is 9.51. The van der Waals surface area contributed by atoms with E-state index in [-0.39, 0.29) is 22.8 Å². The number of ether oxygens (including phenoxy) is 1. The molecule has 0 aliphatic rings. The minimum atomic E-state index is -4.79. The Labute approximate surface area is 235 Å². The Hall–Kier alpha value is -4.91. The van der Waals surface area contributed by atoms with Crippen LogP contribution in [0, 0.1) is 0 Å². The van der Waals surface area contributed by atoms with E-state index in [2.05, 4.69) is 32.8 Å². The van der Waals surface area contributed by atoms with Gasteiger partial charge in [0.2, 0.25) is 5.91 Å². The number of pyridine rings is 1. The molecule has 0 aliphatic heterocycles. The first-order valence-corrected chi connectivity index (χ1v) is 12.1. The van der Waals surface area contributed by atoms with E-state index in [9.17, 15) is 27.6 Å². The van der Waals surface area contributed by atoms with Crippen LogP contribution in [0.4, 0.5) is 29.3 Å². The molecular weight excluding hydrogens is 541 g/mol. The van der Waals surface area contributed by atoms with Crippen LogP contribution in [0.5, 0.6) is 5.75 Å². The van der Waals surface area contributed by atoms with E-state index in [1.54, 1.807) is 32.0 Å². The summed E-state index contributed by atoms with van der Waals surface area (Å²) < 4.78 is 46.6. The molecule has 4 amide bonds. The first-order valence-electron chi connectivity index (χ1n) is 12.1. The highest BCUT2D eigenvalue weighted by Crippen LogP contribution is 2.36. The second-order valence-corrected chi connectivity index (χ2v) is 8.59. The number of urea groups is 1. The number of nitrogens with one attached hydrogen (secondary N) is 4. The Morgan fingerprint density at radius 1 is 1.07 bits per heavy atom. The minimum absolute atomic E-state index is 0.146. The van der Waals surface area contributed by atoms with Crippen LogP contribution >= 0.6 is 0 Å². The summed E-state index contributed by atoms with van der Waals surface area (Å²) >= 11 is 0. The molecule has 1 aromatic heterocycles. The number of carbonyl (C=O) groups excluding carboxylic acids is 3.